The van der Waals surface area contributed by atoms with Crippen LogP contribution in [0.25, 0.3) is 5.57 Å². The molecule has 0 saturated carbocycles. The van der Waals surface area contributed by atoms with Crippen LogP contribution in [-0.4, -0.2) is 9.33 Å². The minimum absolute atomic E-state index is 0.323. The molecule has 1 unspecified atom stereocenters. The van der Waals surface area contributed by atoms with Gasteiger partial charge >= 0.3 is 0 Å². The zero-order valence-corrected chi connectivity index (χ0v) is 15.6. The molecule has 4 N–H and O–H groups in total. The Morgan fingerprint density at radius 3 is 2.23 bits per heavy atom. The lowest BCUT2D eigenvalue weighted by Crippen LogP contribution is -2.50. The highest BCUT2D eigenvalue weighted by molar-refractivity contribution is 6.68. The third kappa shape index (κ3) is 3.81. The number of nitrogens with two attached hydrogens (primary N) is 2. The van der Waals surface area contributed by atoms with Crippen molar-refractivity contribution in [2.45, 2.75) is 19.5 Å². The van der Waals surface area contributed by atoms with Crippen molar-refractivity contribution in [3.63, 3.8) is 0 Å². The van der Waals surface area contributed by atoms with Gasteiger partial charge in [-0.05, 0) is 29.7 Å². The molecule has 120 valence electrons. The molecule has 1 aromatic rings. The molecule has 0 heterocycles. The fourth-order valence-electron chi connectivity index (χ4n) is 2.16. The van der Waals surface area contributed by atoms with E-state index in [0.29, 0.717) is 17.7 Å². The SMILES string of the molecule is Nc1ccc(C2=CC=CC(N)(C(Cl)(Cl)Cl)C2)cc1C(Cl)(Cl)Cl. The maximum Gasteiger partial charge on any atom is 0.218 e. The van der Waals surface area contributed by atoms with Crippen LogP contribution in [0.3, 0.4) is 0 Å². The van der Waals surface area contributed by atoms with Gasteiger partial charge in [0.05, 0.1) is 5.54 Å². The summed E-state index contributed by atoms with van der Waals surface area (Å²) in [4.78, 5) is 0. The van der Waals surface area contributed by atoms with Crippen molar-refractivity contribution in [3.05, 3.63) is 47.6 Å². The van der Waals surface area contributed by atoms with Crippen LogP contribution in [0.15, 0.2) is 36.4 Å². The smallest absolute Gasteiger partial charge is 0.218 e. The Kier molecular flexibility index (Phi) is 5.27. The molecular weight excluding hydrogens is 409 g/mol. The summed E-state index contributed by atoms with van der Waals surface area (Å²) in [5.74, 6) is 0. The third-order valence-corrected chi connectivity index (χ3v) is 5.10. The van der Waals surface area contributed by atoms with E-state index in [0.717, 1.165) is 11.1 Å². The number of hydrogen-bond donors (Lipinski definition) is 2. The standard InChI is InChI=1S/C14H12Cl6N2/c15-13(16,17)10-6-8(3-4-11(10)21)9-2-1-5-12(22,7-9)14(18,19)20/h1-6H,7,21-22H2. The first-order chi connectivity index (χ1) is 9.94. The van der Waals surface area contributed by atoms with E-state index in [9.17, 15) is 0 Å². The molecule has 0 aliphatic heterocycles. The molecule has 1 aliphatic carbocycles. The van der Waals surface area contributed by atoms with Crippen LogP contribution in [-0.2, 0) is 3.79 Å². The van der Waals surface area contributed by atoms with Crippen molar-refractivity contribution in [1.82, 2.24) is 0 Å². The molecule has 1 aromatic carbocycles. The largest absolute Gasteiger partial charge is 0.398 e. The van der Waals surface area contributed by atoms with Crippen LogP contribution in [0.4, 0.5) is 5.69 Å². The second-order valence-electron chi connectivity index (χ2n) is 5.07. The molecular formula is C14H12Cl6N2. The van der Waals surface area contributed by atoms with E-state index in [4.69, 9.17) is 81.1 Å². The van der Waals surface area contributed by atoms with Crippen LogP contribution in [0.1, 0.15) is 17.5 Å². The Hall–Kier alpha value is 0.200. The zero-order valence-electron chi connectivity index (χ0n) is 11.1. The van der Waals surface area contributed by atoms with Gasteiger partial charge in [-0.15, -0.1) is 0 Å². The first kappa shape index (κ1) is 18.5. The number of benzene rings is 1. The molecule has 0 saturated heterocycles. The normalized spacial score (nSPS) is 22.6. The average Bonchev–Trinajstić information content (AvgIpc) is 2.36. The van der Waals surface area contributed by atoms with Gasteiger partial charge in [0.25, 0.3) is 0 Å². The molecule has 22 heavy (non-hydrogen) atoms. The number of halogens is 6. The Morgan fingerprint density at radius 1 is 1.05 bits per heavy atom. The van der Waals surface area contributed by atoms with Crippen molar-refractivity contribution < 1.29 is 0 Å². The highest BCUT2D eigenvalue weighted by Crippen LogP contribution is 2.46. The van der Waals surface area contributed by atoms with E-state index in [1.54, 1.807) is 30.4 Å². The van der Waals surface area contributed by atoms with Crippen molar-refractivity contribution in [2.24, 2.45) is 5.73 Å². The van der Waals surface area contributed by atoms with Gasteiger partial charge in [0.2, 0.25) is 7.59 Å². The van der Waals surface area contributed by atoms with Crippen LogP contribution in [0.2, 0.25) is 0 Å². The second kappa shape index (κ2) is 6.25. The third-order valence-electron chi connectivity index (χ3n) is 3.43. The number of hydrogen-bond acceptors (Lipinski definition) is 2. The monoisotopic (exact) mass is 418 g/mol. The second-order valence-corrected chi connectivity index (χ2v) is 9.63. The number of nitrogen functional groups attached to an aromatic ring is 1. The van der Waals surface area contributed by atoms with E-state index in [1.165, 1.54) is 0 Å². The molecule has 0 amide bonds. The number of alkyl halides is 6. The summed E-state index contributed by atoms with van der Waals surface area (Å²) in [6.45, 7) is 0. The topological polar surface area (TPSA) is 52.0 Å². The predicted octanol–water partition coefficient (Wildman–Crippen LogP) is 5.51. The summed E-state index contributed by atoms with van der Waals surface area (Å²) in [5.41, 5.74) is 13.3. The molecule has 0 bridgehead atoms. The fourth-order valence-corrected chi connectivity index (χ4v) is 3.04. The quantitative estimate of drug-likeness (QED) is 0.465. The lowest BCUT2D eigenvalue weighted by atomic mass is 9.85. The lowest BCUT2D eigenvalue weighted by molar-refractivity contribution is 0.550. The van der Waals surface area contributed by atoms with E-state index in [-0.39, 0.29) is 0 Å². The molecule has 2 rings (SSSR count). The molecule has 0 radical (unpaired) electrons. The molecule has 2 nitrogen and oxygen atoms in total. The van der Waals surface area contributed by atoms with Crippen molar-refractivity contribution in [1.29, 1.82) is 0 Å². The first-order valence-corrected chi connectivity index (χ1v) is 8.42. The fraction of sp³-hybridized carbons (Fsp3) is 0.286. The molecule has 0 fully saturated rings. The van der Waals surface area contributed by atoms with Crippen LogP contribution < -0.4 is 11.5 Å². The summed E-state index contributed by atoms with van der Waals surface area (Å²) in [6.07, 6.45) is 5.60. The predicted molar refractivity (Wildman–Crippen MR) is 99.0 cm³/mol. The van der Waals surface area contributed by atoms with Gasteiger partial charge in [0.15, 0.2) is 0 Å². The van der Waals surface area contributed by atoms with E-state index in [2.05, 4.69) is 0 Å². The molecule has 1 atom stereocenters. The zero-order chi connectivity index (χ0) is 16.8. The number of allylic oxidation sites excluding steroid dienone is 2. The van der Waals surface area contributed by atoms with Gasteiger partial charge in [-0.1, -0.05) is 93.9 Å². The van der Waals surface area contributed by atoms with Gasteiger partial charge < -0.3 is 11.5 Å². The van der Waals surface area contributed by atoms with Crippen LogP contribution >= 0.6 is 69.6 Å². The summed E-state index contributed by atoms with van der Waals surface area (Å²) in [5, 5.41) is 0. The lowest BCUT2D eigenvalue weighted by Gasteiger charge is -2.36. The van der Waals surface area contributed by atoms with E-state index >= 15 is 0 Å². The van der Waals surface area contributed by atoms with Crippen LogP contribution in [0.5, 0.6) is 0 Å². The van der Waals surface area contributed by atoms with Crippen molar-refractivity contribution in [3.8, 4) is 0 Å². The summed E-state index contributed by atoms with van der Waals surface area (Å²) in [6, 6.07) is 5.17. The Bertz CT molecular complexity index is 642. The minimum atomic E-state index is -1.64. The Morgan fingerprint density at radius 2 is 1.68 bits per heavy atom. The number of anilines is 1. The maximum absolute atomic E-state index is 6.19. The molecule has 0 aromatic heterocycles. The maximum atomic E-state index is 6.19. The van der Waals surface area contributed by atoms with Gasteiger partial charge in [-0.3, -0.25) is 0 Å². The van der Waals surface area contributed by atoms with Gasteiger partial charge in [-0.2, -0.15) is 0 Å². The average molecular weight is 421 g/mol. The Balaban J connectivity index is 2.42. The van der Waals surface area contributed by atoms with E-state index in [1.807, 2.05) is 6.08 Å². The summed E-state index contributed by atoms with van der Waals surface area (Å²) in [7, 11) is 0. The molecule has 0 spiro atoms. The van der Waals surface area contributed by atoms with Crippen molar-refractivity contribution in [2.75, 3.05) is 5.73 Å². The van der Waals surface area contributed by atoms with Gasteiger partial charge in [0, 0.05) is 11.3 Å². The molecule has 8 heteroatoms. The van der Waals surface area contributed by atoms with Gasteiger partial charge in [0.1, 0.15) is 0 Å². The van der Waals surface area contributed by atoms with E-state index < -0.39 is 13.1 Å². The Labute approximate surface area is 158 Å². The highest BCUT2D eigenvalue weighted by Gasteiger charge is 2.44. The number of rotatable bonds is 1. The van der Waals surface area contributed by atoms with Crippen molar-refractivity contribution >= 4 is 80.9 Å². The van der Waals surface area contributed by atoms with Crippen LogP contribution in [0, 0.1) is 0 Å². The van der Waals surface area contributed by atoms with Gasteiger partial charge in [-0.25, -0.2) is 0 Å². The molecule has 1 aliphatic rings. The first-order valence-electron chi connectivity index (χ1n) is 6.15. The highest BCUT2D eigenvalue weighted by atomic mass is 35.6. The minimum Gasteiger partial charge on any atom is -0.398 e. The summed E-state index contributed by atoms with van der Waals surface area (Å²) >= 11 is 35.7. The summed E-state index contributed by atoms with van der Waals surface area (Å²) < 4.78 is -3.27.